The maximum absolute atomic E-state index is 13.1. The highest BCUT2D eigenvalue weighted by molar-refractivity contribution is 6.12. The van der Waals surface area contributed by atoms with Gasteiger partial charge < -0.3 is 14.2 Å². The predicted octanol–water partition coefficient (Wildman–Crippen LogP) is 5.88. The summed E-state index contributed by atoms with van der Waals surface area (Å²) in [6.07, 6.45) is 1.64. The summed E-state index contributed by atoms with van der Waals surface area (Å²) in [4.78, 5) is 16.7. The molecule has 0 spiro atoms. The molecule has 0 atom stereocenters. The van der Waals surface area contributed by atoms with Gasteiger partial charge in [0.05, 0.1) is 7.11 Å². The maximum atomic E-state index is 13.1. The summed E-state index contributed by atoms with van der Waals surface area (Å²) >= 11 is 0. The van der Waals surface area contributed by atoms with E-state index >= 15 is 0 Å². The van der Waals surface area contributed by atoms with E-state index in [9.17, 15) is 9.18 Å². The van der Waals surface area contributed by atoms with Gasteiger partial charge in [-0.3, -0.25) is 0 Å². The van der Waals surface area contributed by atoms with Crippen LogP contribution in [0.3, 0.4) is 0 Å². The number of nitrogens with zero attached hydrogens (tertiary/aromatic N) is 1. The lowest BCUT2D eigenvalue weighted by atomic mass is 10.0. The Kier molecular flexibility index (Phi) is 6.54. The van der Waals surface area contributed by atoms with Crippen molar-refractivity contribution in [2.24, 2.45) is 4.99 Å². The average molecular weight is 445 g/mol. The average Bonchev–Trinajstić information content (AvgIpc) is 3.19. The summed E-state index contributed by atoms with van der Waals surface area (Å²) in [6.45, 7) is 4.51. The molecule has 6 heteroatoms. The van der Waals surface area contributed by atoms with Gasteiger partial charge in [0.15, 0.2) is 17.2 Å². The first kappa shape index (κ1) is 22.3. The normalized spacial score (nSPS) is 14.4. The van der Waals surface area contributed by atoms with E-state index in [1.54, 1.807) is 36.4 Å². The van der Waals surface area contributed by atoms with Crippen LogP contribution in [0.4, 0.5) is 4.39 Å². The van der Waals surface area contributed by atoms with E-state index in [4.69, 9.17) is 14.2 Å². The van der Waals surface area contributed by atoms with Crippen molar-refractivity contribution in [1.29, 1.82) is 0 Å². The van der Waals surface area contributed by atoms with E-state index in [0.717, 1.165) is 11.1 Å². The van der Waals surface area contributed by atoms with E-state index < -0.39 is 5.97 Å². The number of carbonyl (C=O) groups is 1. The molecule has 4 rings (SSSR count). The Morgan fingerprint density at radius 1 is 1.00 bits per heavy atom. The number of carbonyl (C=O) groups excluding carboxylic acids is 1. The van der Waals surface area contributed by atoms with Gasteiger partial charge in [-0.25, -0.2) is 14.2 Å². The van der Waals surface area contributed by atoms with Gasteiger partial charge in [-0.15, -0.1) is 0 Å². The zero-order valence-electron chi connectivity index (χ0n) is 18.7. The van der Waals surface area contributed by atoms with Crippen LogP contribution in [-0.2, 0) is 16.1 Å². The number of methoxy groups -OCH3 is 1. The number of hydrogen-bond acceptors (Lipinski definition) is 5. The van der Waals surface area contributed by atoms with E-state index in [-0.39, 0.29) is 24.0 Å². The van der Waals surface area contributed by atoms with Crippen molar-refractivity contribution in [3.8, 4) is 11.5 Å². The third-order valence-corrected chi connectivity index (χ3v) is 5.24. The highest BCUT2D eigenvalue weighted by Crippen LogP contribution is 2.30. The third-order valence-electron chi connectivity index (χ3n) is 5.24. The van der Waals surface area contributed by atoms with Gasteiger partial charge in [0.2, 0.25) is 5.90 Å². The smallest absolute Gasteiger partial charge is 0.363 e. The molecule has 1 aliphatic heterocycles. The summed E-state index contributed by atoms with van der Waals surface area (Å²) in [6, 6.07) is 19.2. The molecule has 0 radical (unpaired) electrons. The summed E-state index contributed by atoms with van der Waals surface area (Å²) in [5, 5.41) is 0. The monoisotopic (exact) mass is 445 g/mol. The fraction of sp³-hybridized carbons (Fsp3) is 0.185. The van der Waals surface area contributed by atoms with Crippen LogP contribution in [0.2, 0.25) is 0 Å². The first-order valence-electron chi connectivity index (χ1n) is 10.6. The summed E-state index contributed by atoms with van der Waals surface area (Å²) in [7, 11) is 1.54. The van der Waals surface area contributed by atoms with Gasteiger partial charge in [0, 0.05) is 5.56 Å². The van der Waals surface area contributed by atoms with E-state index in [2.05, 4.69) is 18.8 Å². The molecule has 3 aromatic rings. The zero-order valence-corrected chi connectivity index (χ0v) is 18.7. The second-order valence-electron chi connectivity index (χ2n) is 7.94. The van der Waals surface area contributed by atoms with Gasteiger partial charge >= 0.3 is 5.97 Å². The molecule has 168 valence electrons. The van der Waals surface area contributed by atoms with Gasteiger partial charge in [-0.2, -0.15) is 0 Å². The van der Waals surface area contributed by atoms with Crippen molar-refractivity contribution in [3.63, 3.8) is 0 Å². The molecule has 33 heavy (non-hydrogen) atoms. The molecule has 3 aromatic carbocycles. The number of rotatable bonds is 7. The summed E-state index contributed by atoms with van der Waals surface area (Å²) in [5.74, 6) is 0.942. The fourth-order valence-corrected chi connectivity index (χ4v) is 3.34. The Morgan fingerprint density at radius 3 is 2.39 bits per heavy atom. The van der Waals surface area contributed by atoms with E-state index in [1.165, 1.54) is 24.8 Å². The number of ether oxygens (including phenoxy) is 3. The molecule has 0 saturated heterocycles. The molecule has 0 amide bonds. The molecule has 0 N–H and O–H groups in total. The van der Waals surface area contributed by atoms with Crippen molar-refractivity contribution >= 4 is 17.9 Å². The molecule has 0 aliphatic carbocycles. The van der Waals surface area contributed by atoms with Crippen molar-refractivity contribution in [2.75, 3.05) is 7.11 Å². The number of esters is 1. The second-order valence-corrected chi connectivity index (χ2v) is 7.94. The van der Waals surface area contributed by atoms with Crippen molar-refractivity contribution in [3.05, 3.63) is 100 Å². The minimum absolute atomic E-state index is 0.208. The van der Waals surface area contributed by atoms with Crippen LogP contribution in [0.1, 0.15) is 42.0 Å². The minimum atomic E-state index is -0.506. The molecular weight excluding hydrogens is 421 g/mol. The van der Waals surface area contributed by atoms with Crippen LogP contribution in [0.5, 0.6) is 11.5 Å². The molecule has 1 heterocycles. The number of aliphatic imine (C=N–C) groups is 1. The topological polar surface area (TPSA) is 57.1 Å². The lowest BCUT2D eigenvalue weighted by Crippen LogP contribution is -2.05. The molecule has 0 bridgehead atoms. The van der Waals surface area contributed by atoms with Gasteiger partial charge in [-0.05, 0) is 65.1 Å². The molecule has 5 nitrogen and oxygen atoms in total. The maximum Gasteiger partial charge on any atom is 0.363 e. The van der Waals surface area contributed by atoms with Gasteiger partial charge in [-0.1, -0.05) is 44.2 Å². The zero-order chi connectivity index (χ0) is 23.4. The Labute approximate surface area is 192 Å². The van der Waals surface area contributed by atoms with Crippen LogP contribution >= 0.6 is 0 Å². The van der Waals surface area contributed by atoms with Crippen molar-refractivity contribution in [1.82, 2.24) is 0 Å². The van der Waals surface area contributed by atoms with E-state index in [0.29, 0.717) is 23.0 Å². The van der Waals surface area contributed by atoms with Crippen molar-refractivity contribution in [2.45, 2.75) is 26.4 Å². The Balaban J connectivity index is 1.51. The largest absolute Gasteiger partial charge is 0.493 e. The molecule has 0 saturated carbocycles. The molecular formula is C27H24FNO4. The third kappa shape index (κ3) is 5.29. The first-order chi connectivity index (χ1) is 15.9. The number of halogens is 1. The fourth-order valence-electron chi connectivity index (χ4n) is 3.34. The second kappa shape index (κ2) is 9.69. The highest BCUT2D eigenvalue weighted by Gasteiger charge is 2.24. The lowest BCUT2D eigenvalue weighted by Gasteiger charge is -2.11. The highest BCUT2D eigenvalue weighted by atomic mass is 19.1. The van der Waals surface area contributed by atoms with Crippen LogP contribution < -0.4 is 9.47 Å². The Bertz CT molecular complexity index is 1210. The molecule has 1 aliphatic rings. The van der Waals surface area contributed by atoms with Crippen LogP contribution in [0.15, 0.2) is 77.4 Å². The van der Waals surface area contributed by atoms with Gasteiger partial charge in [0.25, 0.3) is 0 Å². The Morgan fingerprint density at radius 2 is 1.73 bits per heavy atom. The lowest BCUT2D eigenvalue weighted by molar-refractivity contribution is -0.129. The first-order valence-corrected chi connectivity index (χ1v) is 10.6. The molecule has 0 fully saturated rings. The number of benzene rings is 3. The van der Waals surface area contributed by atoms with Crippen LogP contribution in [0.25, 0.3) is 6.08 Å². The van der Waals surface area contributed by atoms with Crippen LogP contribution in [-0.4, -0.2) is 19.0 Å². The molecule has 0 aromatic heterocycles. The number of cyclic esters (lactones) is 1. The van der Waals surface area contributed by atoms with Crippen molar-refractivity contribution < 1.29 is 23.4 Å². The SMILES string of the molecule is COc1cc(/C=C2\N=C(c3ccc(C(C)C)cc3)OC2=O)ccc1OCc1ccc(F)cc1. The number of hydrogen-bond donors (Lipinski definition) is 0. The van der Waals surface area contributed by atoms with E-state index in [1.807, 2.05) is 24.3 Å². The standard InChI is InChI=1S/C27H24FNO4/c1-17(2)20-7-9-21(10-8-20)26-29-23(27(30)33-26)14-19-6-13-24(25(15-19)31-3)32-16-18-4-11-22(28)12-5-18/h4-15,17H,16H2,1-3H3/b23-14-. The molecule has 0 unspecified atom stereocenters. The minimum Gasteiger partial charge on any atom is -0.493 e. The summed E-state index contributed by atoms with van der Waals surface area (Å²) < 4.78 is 29.7. The predicted molar refractivity (Wildman–Crippen MR) is 125 cm³/mol. The van der Waals surface area contributed by atoms with Crippen LogP contribution in [0, 0.1) is 5.82 Å². The van der Waals surface area contributed by atoms with Gasteiger partial charge in [0.1, 0.15) is 12.4 Å². The Hall–Kier alpha value is -3.93. The summed E-state index contributed by atoms with van der Waals surface area (Å²) in [5.41, 5.74) is 3.71. The quantitative estimate of drug-likeness (QED) is 0.337.